The summed E-state index contributed by atoms with van der Waals surface area (Å²) in [6.07, 6.45) is 3.80. The molecule has 0 atom stereocenters. The van der Waals surface area contributed by atoms with E-state index < -0.39 is 11.4 Å². The van der Waals surface area contributed by atoms with Crippen LogP contribution in [0.5, 0.6) is 17.2 Å². The molecule has 1 saturated carbocycles. The van der Waals surface area contributed by atoms with Crippen LogP contribution < -0.4 is 14.2 Å². The van der Waals surface area contributed by atoms with Crippen LogP contribution in [-0.4, -0.2) is 42.4 Å². The second kappa shape index (κ2) is 6.38. The Labute approximate surface area is 175 Å². The van der Waals surface area contributed by atoms with E-state index in [1.54, 1.807) is 0 Å². The Balaban J connectivity index is 1.07. The zero-order valence-corrected chi connectivity index (χ0v) is 16.9. The molecule has 2 aromatic rings. The number of carbonyl (C=O) groups is 1. The van der Waals surface area contributed by atoms with Crippen molar-refractivity contribution in [3.05, 3.63) is 53.1 Å². The zero-order valence-electron chi connectivity index (χ0n) is 16.9. The van der Waals surface area contributed by atoms with Crippen LogP contribution in [0, 0.1) is 10.8 Å². The number of rotatable bonds is 6. The summed E-state index contributed by atoms with van der Waals surface area (Å²) in [6, 6.07) is 12.3. The first-order valence-corrected chi connectivity index (χ1v) is 10.6. The largest absolute Gasteiger partial charge is 0.489 e. The highest BCUT2D eigenvalue weighted by Gasteiger charge is 2.55. The first kappa shape index (κ1) is 18.1. The van der Waals surface area contributed by atoms with Gasteiger partial charge >= 0.3 is 5.97 Å². The van der Waals surface area contributed by atoms with Crippen molar-refractivity contribution in [3.63, 3.8) is 0 Å². The maximum atomic E-state index is 11.5. The van der Waals surface area contributed by atoms with E-state index in [2.05, 4.69) is 23.1 Å². The number of carboxylic acids is 1. The highest BCUT2D eigenvalue weighted by molar-refractivity contribution is 5.78. The zero-order chi connectivity index (χ0) is 20.3. The predicted octanol–water partition coefficient (Wildman–Crippen LogP) is 3.26. The smallest absolute Gasteiger partial charge is 0.310 e. The van der Waals surface area contributed by atoms with Crippen molar-refractivity contribution < 1.29 is 24.1 Å². The van der Waals surface area contributed by atoms with Crippen molar-refractivity contribution >= 4 is 5.97 Å². The van der Waals surface area contributed by atoms with Crippen molar-refractivity contribution in [3.8, 4) is 17.2 Å². The van der Waals surface area contributed by atoms with E-state index in [1.807, 2.05) is 18.2 Å². The van der Waals surface area contributed by atoms with Crippen LogP contribution in [0.25, 0.3) is 0 Å². The van der Waals surface area contributed by atoms with Crippen molar-refractivity contribution in [1.82, 2.24) is 4.90 Å². The van der Waals surface area contributed by atoms with E-state index in [0.717, 1.165) is 61.6 Å². The average molecular weight is 407 g/mol. The van der Waals surface area contributed by atoms with Gasteiger partial charge in [-0.2, -0.15) is 0 Å². The second-order valence-corrected chi connectivity index (χ2v) is 9.49. The number of fused-ring (bicyclic) bond motifs is 2. The van der Waals surface area contributed by atoms with Crippen LogP contribution in [0.1, 0.15) is 29.5 Å². The number of carboxylic acid groups (broad SMARTS) is 1. The van der Waals surface area contributed by atoms with Gasteiger partial charge in [-0.25, -0.2) is 0 Å². The van der Waals surface area contributed by atoms with Crippen LogP contribution in [0.15, 0.2) is 36.4 Å². The Bertz CT molecular complexity index is 1020. The van der Waals surface area contributed by atoms with Gasteiger partial charge < -0.3 is 24.2 Å². The Hall–Kier alpha value is -2.73. The Morgan fingerprint density at radius 2 is 1.83 bits per heavy atom. The molecule has 0 amide bonds. The summed E-state index contributed by atoms with van der Waals surface area (Å²) in [4.78, 5) is 13.8. The fourth-order valence-corrected chi connectivity index (χ4v) is 5.35. The molecule has 2 aliphatic carbocycles. The maximum Gasteiger partial charge on any atom is 0.310 e. The average Bonchev–Trinajstić information content (AvgIpc) is 3.18. The maximum absolute atomic E-state index is 11.5. The fourth-order valence-electron chi connectivity index (χ4n) is 5.35. The van der Waals surface area contributed by atoms with Crippen molar-refractivity contribution in [1.29, 1.82) is 0 Å². The van der Waals surface area contributed by atoms with E-state index in [1.165, 1.54) is 11.1 Å². The summed E-state index contributed by atoms with van der Waals surface area (Å²) in [7, 11) is 0. The number of benzene rings is 2. The molecule has 30 heavy (non-hydrogen) atoms. The lowest BCUT2D eigenvalue weighted by molar-refractivity contribution is -0.145. The van der Waals surface area contributed by atoms with Gasteiger partial charge in [0.1, 0.15) is 12.4 Å². The fraction of sp³-hybridized carbons (Fsp3) is 0.458. The minimum Gasteiger partial charge on any atom is -0.489 e. The predicted molar refractivity (Wildman–Crippen MR) is 109 cm³/mol. The molecule has 1 N–H and O–H groups in total. The molecule has 1 saturated heterocycles. The van der Waals surface area contributed by atoms with Crippen molar-refractivity contribution in [2.24, 2.45) is 10.8 Å². The molecule has 1 spiro atoms. The van der Waals surface area contributed by atoms with Gasteiger partial charge in [0.2, 0.25) is 6.79 Å². The molecule has 2 aliphatic heterocycles. The molecule has 6 rings (SSSR count). The van der Waals surface area contributed by atoms with E-state index >= 15 is 0 Å². The molecule has 2 fully saturated rings. The first-order valence-electron chi connectivity index (χ1n) is 10.6. The van der Waals surface area contributed by atoms with E-state index in [0.29, 0.717) is 13.2 Å². The van der Waals surface area contributed by atoms with Gasteiger partial charge in [0, 0.05) is 25.0 Å². The number of nitrogens with zero attached hydrogens (tertiary/aromatic N) is 1. The second-order valence-electron chi connectivity index (χ2n) is 9.49. The molecule has 0 radical (unpaired) electrons. The molecule has 0 aromatic heterocycles. The van der Waals surface area contributed by atoms with Crippen molar-refractivity contribution in [2.75, 3.05) is 26.4 Å². The molecule has 6 heteroatoms. The number of likely N-dealkylation sites (tertiary alicyclic amines) is 1. The van der Waals surface area contributed by atoms with E-state index in [9.17, 15) is 9.90 Å². The lowest BCUT2D eigenvalue weighted by atomic mass is 9.76. The quantitative estimate of drug-likeness (QED) is 0.793. The van der Waals surface area contributed by atoms with Gasteiger partial charge in [0.25, 0.3) is 0 Å². The topological polar surface area (TPSA) is 68.2 Å². The molecule has 2 heterocycles. The third kappa shape index (κ3) is 3.01. The lowest BCUT2D eigenvalue weighted by Crippen LogP contribution is -2.58. The summed E-state index contributed by atoms with van der Waals surface area (Å²) in [5.41, 5.74) is 3.66. The first-order chi connectivity index (χ1) is 14.5. The molecule has 0 bridgehead atoms. The Morgan fingerprint density at radius 1 is 1.03 bits per heavy atom. The summed E-state index contributed by atoms with van der Waals surface area (Å²) >= 11 is 0. The number of hydrogen-bond donors (Lipinski definition) is 1. The van der Waals surface area contributed by atoms with Gasteiger partial charge in [0.05, 0.1) is 5.41 Å². The summed E-state index contributed by atoms with van der Waals surface area (Å²) in [6.45, 7) is 3.49. The minimum absolute atomic E-state index is 0.279. The molecule has 0 unspecified atom stereocenters. The minimum atomic E-state index is -0.623. The van der Waals surface area contributed by atoms with Gasteiger partial charge in [-0.1, -0.05) is 12.1 Å². The third-order valence-corrected chi connectivity index (χ3v) is 7.10. The van der Waals surface area contributed by atoms with Crippen LogP contribution in [0.2, 0.25) is 0 Å². The van der Waals surface area contributed by atoms with Crippen molar-refractivity contribution in [2.45, 2.75) is 32.3 Å². The summed E-state index contributed by atoms with van der Waals surface area (Å²) in [5.74, 6) is 1.83. The van der Waals surface area contributed by atoms with Crippen LogP contribution >= 0.6 is 0 Å². The molecule has 2 aromatic carbocycles. The standard InChI is InChI=1S/C24H25NO5/c26-22(27)24(5-6-24)14-25-12-23(13-25)9-17-2-3-19(8-18(17)10-23)28-11-16-1-4-20-21(7-16)30-15-29-20/h1-4,7-8H,5-6,9-15H2,(H,26,27). The lowest BCUT2D eigenvalue weighted by Gasteiger charge is -2.49. The van der Waals surface area contributed by atoms with E-state index in [4.69, 9.17) is 14.2 Å². The normalized spacial score (nSPS) is 21.9. The molecular formula is C24H25NO5. The van der Waals surface area contributed by atoms with Gasteiger partial charge in [-0.3, -0.25) is 4.79 Å². The number of hydrogen-bond acceptors (Lipinski definition) is 5. The molecule has 156 valence electrons. The highest BCUT2D eigenvalue weighted by atomic mass is 16.7. The molecular weight excluding hydrogens is 382 g/mol. The third-order valence-electron chi connectivity index (χ3n) is 7.10. The highest BCUT2D eigenvalue weighted by Crippen LogP contribution is 2.51. The molecule has 6 nitrogen and oxygen atoms in total. The monoisotopic (exact) mass is 407 g/mol. The van der Waals surface area contributed by atoms with Crippen LogP contribution in [-0.2, 0) is 24.2 Å². The number of ether oxygens (including phenoxy) is 3. The number of aliphatic carboxylic acids is 1. The van der Waals surface area contributed by atoms with Crippen LogP contribution in [0.3, 0.4) is 0 Å². The van der Waals surface area contributed by atoms with Gasteiger partial charge in [-0.15, -0.1) is 0 Å². The van der Waals surface area contributed by atoms with Crippen LogP contribution in [0.4, 0.5) is 0 Å². The Kier molecular flexibility index (Phi) is 3.84. The van der Waals surface area contributed by atoms with Gasteiger partial charge in [0.15, 0.2) is 11.5 Å². The SMILES string of the molecule is O=C(O)C1(CN2CC3(Cc4ccc(OCc5ccc6c(c5)OCO6)cc4C3)C2)CC1. The Morgan fingerprint density at radius 3 is 2.63 bits per heavy atom. The summed E-state index contributed by atoms with van der Waals surface area (Å²) in [5, 5.41) is 9.43. The summed E-state index contributed by atoms with van der Waals surface area (Å²) < 4.78 is 16.8. The molecule has 4 aliphatic rings. The van der Waals surface area contributed by atoms with E-state index in [-0.39, 0.29) is 12.2 Å². The van der Waals surface area contributed by atoms with Gasteiger partial charge in [-0.05, 0) is 66.6 Å².